The second-order valence-corrected chi connectivity index (χ2v) is 5.10. The van der Waals surface area contributed by atoms with Gasteiger partial charge in [-0.25, -0.2) is 8.78 Å². The smallest absolute Gasteiger partial charge is 0.173 e. The van der Waals surface area contributed by atoms with Gasteiger partial charge in [-0.1, -0.05) is 13.8 Å². The molecule has 1 aromatic carbocycles. The monoisotopic (exact) mass is 281 g/mol. The molecule has 0 aliphatic carbocycles. The quantitative estimate of drug-likeness (QED) is 0.913. The summed E-state index contributed by atoms with van der Waals surface area (Å²) in [6.45, 7) is 6.88. The average Bonchev–Trinajstić information content (AvgIpc) is 2.83. The molecular formula is C13H17F2N5. The summed E-state index contributed by atoms with van der Waals surface area (Å²) in [6.07, 6.45) is 0. The van der Waals surface area contributed by atoms with Gasteiger partial charge in [0.1, 0.15) is 11.6 Å². The van der Waals surface area contributed by atoms with Crippen molar-refractivity contribution in [2.75, 3.05) is 6.54 Å². The minimum absolute atomic E-state index is 0.126. The number of nitrogens with zero attached hydrogens (tertiary/aromatic N) is 4. The number of benzene rings is 1. The van der Waals surface area contributed by atoms with Crippen LogP contribution in [-0.4, -0.2) is 26.8 Å². The van der Waals surface area contributed by atoms with Gasteiger partial charge in [-0.15, -0.1) is 5.10 Å². The van der Waals surface area contributed by atoms with E-state index in [-0.39, 0.29) is 11.7 Å². The average molecular weight is 281 g/mol. The first-order valence-corrected chi connectivity index (χ1v) is 6.45. The summed E-state index contributed by atoms with van der Waals surface area (Å²) in [5.41, 5.74) is 0.265. The Balaban J connectivity index is 2.27. The van der Waals surface area contributed by atoms with Crippen LogP contribution in [0.3, 0.4) is 0 Å². The fourth-order valence-corrected chi connectivity index (χ4v) is 1.81. The van der Waals surface area contributed by atoms with Crippen molar-refractivity contribution in [3.05, 3.63) is 35.7 Å². The Morgan fingerprint density at radius 2 is 1.80 bits per heavy atom. The number of hydrogen-bond acceptors (Lipinski definition) is 4. The summed E-state index contributed by atoms with van der Waals surface area (Å²) in [5.74, 6) is -0.336. The van der Waals surface area contributed by atoms with Crippen LogP contribution in [0.25, 0.3) is 5.69 Å². The number of hydrogen-bond donors (Lipinski definition) is 1. The maximum absolute atomic E-state index is 13.3. The maximum Gasteiger partial charge on any atom is 0.173 e. The number of tetrazole rings is 1. The van der Waals surface area contributed by atoms with E-state index in [0.717, 1.165) is 12.6 Å². The number of halogens is 2. The molecule has 2 aromatic rings. The van der Waals surface area contributed by atoms with Gasteiger partial charge < -0.3 is 5.32 Å². The van der Waals surface area contributed by atoms with Crippen LogP contribution in [0.1, 0.15) is 32.6 Å². The maximum atomic E-state index is 13.3. The fraction of sp³-hybridized carbons (Fsp3) is 0.462. The van der Waals surface area contributed by atoms with Gasteiger partial charge >= 0.3 is 0 Å². The van der Waals surface area contributed by atoms with E-state index in [9.17, 15) is 8.78 Å². The Morgan fingerprint density at radius 1 is 1.15 bits per heavy atom. The molecule has 2 rings (SSSR count). The van der Waals surface area contributed by atoms with E-state index < -0.39 is 11.6 Å². The van der Waals surface area contributed by atoms with Crippen molar-refractivity contribution in [3.8, 4) is 5.69 Å². The lowest BCUT2D eigenvalue weighted by atomic mass is 10.2. The van der Waals surface area contributed by atoms with Gasteiger partial charge in [-0.2, -0.15) is 4.68 Å². The molecule has 0 aliphatic heterocycles. The molecule has 0 spiro atoms. The van der Waals surface area contributed by atoms with Crippen LogP contribution in [0.4, 0.5) is 8.78 Å². The van der Waals surface area contributed by atoms with Gasteiger partial charge in [-0.05, 0) is 41.9 Å². The summed E-state index contributed by atoms with van der Waals surface area (Å²) < 4.78 is 27.9. The highest BCUT2D eigenvalue weighted by molar-refractivity contribution is 5.32. The van der Waals surface area contributed by atoms with Crippen molar-refractivity contribution in [3.63, 3.8) is 0 Å². The number of nitrogens with one attached hydrogen (secondary N) is 1. The van der Waals surface area contributed by atoms with E-state index in [1.54, 1.807) is 0 Å². The third kappa shape index (κ3) is 3.36. The van der Waals surface area contributed by atoms with Gasteiger partial charge in [0.15, 0.2) is 5.82 Å². The fourth-order valence-electron chi connectivity index (χ4n) is 1.81. The molecule has 1 N–H and O–H groups in total. The predicted molar refractivity (Wildman–Crippen MR) is 70.3 cm³/mol. The molecule has 0 fully saturated rings. The summed E-state index contributed by atoms with van der Waals surface area (Å²) in [4.78, 5) is 0. The van der Waals surface area contributed by atoms with Gasteiger partial charge in [0.05, 0.1) is 11.7 Å². The van der Waals surface area contributed by atoms with Gasteiger partial charge in [0.25, 0.3) is 0 Å². The molecule has 1 aromatic heterocycles. The van der Waals surface area contributed by atoms with E-state index in [2.05, 4.69) is 34.7 Å². The molecule has 7 heteroatoms. The van der Waals surface area contributed by atoms with E-state index in [0.29, 0.717) is 11.7 Å². The Hall–Kier alpha value is -1.89. The van der Waals surface area contributed by atoms with Crippen LogP contribution in [0.2, 0.25) is 0 Å². The molecule has 0 saturated heterocycles. The van der Waals surface area contributed by atoms with E-state index in [1.807, 2.05) is 6.92 Å². The minimum atomic E-state index is -0.663. The van der Waals surface area contributed by atoms with Gasteiger partial charge in [0.2, 0.25) is 0 Å². The molecule has 1 unspecified atom stereocenters. The molecule has 0 radical (unpaired) electrons. The molecular weight excluding hydrogens is 264 g/mol. The number of rotatable bonds is 5. The van der Waals surface area contributed by atoms with Crippen molar-refractivity contribution in [2.24, 2.45) is 5.92 Å². The number of aromatic nitrogens is 4. The van der Waals surface area contributed by atoms with Crippen LogP contribution < -0.4 is 5.32 Å². The van der Waals surface area contributed by atoms with Crippen molar-refractivity contribution < 1.29 is 8.78 Å². The summed E-state index contributed by atoms with van der Waals surface area (Å²) in [7, 11) is 0. The summed E-state index contributed by atoms with van der Waals surface area (Å²) in [6, 6.07) is 3.07. The third-order valence-electron chi connectivity index (χ3n) is 2.81. The first-order valence-electron chi connectivity index (χ1n) is 6.45. The molecule has 0 amide bonds. The van der Waals surface area contributed by atoms with Crippen LogP contribution in [0.5, 0.6) is 0 Å². The predicted octanol–water partition coefficient (Wildman–Crippen LogP) is 2.25. The summed E-state index contributed by atoms with van der Waals surface area (Å²) in [5, 5.41) is 14.6. The molecule has 1 atom stereocenters. The Kier molecular flexibility index (Phi) is 4.39. The Morgan fingerprint density at radius 3 is 2.40 bits per heavy atom. The molecule has 0 saturated carbocycles. The minimum Gasteiger partial charge on any atom is -0.307 e. The zero-order valence-corrected chi connectivity index (χ0v) is 11.6. The van der Waals surface area contributed by atoms with Gasteiger partial charge in [0, 0.05) is 6.07 Å². The highest BCUT2D eigenvalue weighted by Gasteiger charge is 2.16. The van der Waals surface area contributed by atoms with E-state index >= 15 is 0 Å². The Labute approximate surface area is 116 Å². The lowest BCUT2D eigenvalue weighted by Crippen LogP contribution is -2.25. The zero-order valence-electron chi connectivity index (χ0n) is 11.6. The second kappa shape index (κ2) is 6.04. The zero-order chi connectivity index (χ0) is 14.7. The standard InChI is InChI=1S/C13H17F2N5/c1-8(2)7-16-9(3)13-17-18-19-20(13)12-5-10(14)4-11(15)6-12/h4-6,8-9,16H,7H2,1-3H3. The van der Waals surface area contributed by atoms with E-state index in [1.165, 1.54) is 16.8 Å². The Bertz CT molecular complexity index is 562. The largest absolute Gasteiger partial charge is 0.307 e. The van der Waals surface area contributed by atoms with Crippen LogP contribution in [-0.2, 0) is 0 Å². The van der Waals surface area contributed by atoms with E-state index in [4.69, 9.17) is 0 Å². The molecule has 0 bridgehead atoms. The first kappa shape index (κ1) is 14.5. The SMILES string of the molecule is CC(C)CNC(C)c1nnnn1-c1cc(F)cc(F)c1. The van der Waals surface area contributed by atoms with Crippen molar-refractivity contribution >= 4 is 0 Å². The first-order chi connectivity index (χ1) is 9.47. The van der Waals surface area contributed by atoms with Crippen LogP contribution in [0, 0.1) is 17.6 Å². The molecule has 0 aliphatic rings. The normalized spacial score (nSPS) is 12.9. The van der Waals surface area contributed by atoms with Crippen molar-refractivity contribution in [1.29, 1.82) is 0 Å². The van der Waals surface area contributed by atoms with Crippen molar-refractivity contribution in [1.82, 2.24) is 25.5 Å². The molecule has 1 heterocycles. The third-order valence-corrected chi connectivity index (χ3v) is 2.81. The van der Waals surface area contributed by atoms with Crippen LogP contribution in [0.15, 0.2) is 18.2 Å². The topological polar surface area (TPSA) is 55.6 Å². The van der Waals surface area contributed by atoms with Crippen LogP contribution >= 0.6 is 0 Å². The summed E-state index contributed by atoms with van der Waals surface area (Å²) >= 11 is 0. The lowest BCUT2D eigenvalue weighted by Gasteiger charge is -2.15. The molecule has 108 valence electrons. The lowest BCUT2D eigenvalue weighted by molar-refractivity contribution is 0.474. The van der Waals surface area contributed by atoms with Gasteiger partial charge in [-0.3, -0.25) is 0 Å². The highest BCUT2D eigenvalue weighted by atomic mass is 19.1. The highest BCUT2D eigenvalue weighted by Crippen LogP contribution is 2.16. The second-order valence-electron chi connectivity index (χ2n) is 5.10. The molecule has 20 heavy (non-hydrogen) atoms. The van der Waals surface area contributed by atoms with Crippen molar-refractivity contribution in [2.45, 2.75) is 26.8 Å². The molecule has 5 nitrogen and oxygen atoms in total.